The maximum atomic E-state index is 12.3. The number of carbonyl (C=O) groups is 1. The van der Waals surface area contributed by atoms with Crippen molar-refractivity contribution in [2.24, 2.45) is 0 Å². The minimum absolute atomic E-state index is 0.423. The molecule has 0 saturated heterocycles. The number of nitrogens with zero attached hydrogens (tertiary/aromatic N) is 1. The van der Waals surface area contributed by atoms with Gasteiger partial charge in [0.05, 0.1) is 12.6 Å². The first-order valence-electron chi connectivity index (χ1n) is 6.22. The summed E-state index contributed by atoms with van der Waals surface area (Å²) >= 11 is 0. The minimum atomic E-state index is -0.540. The molecular formula is C15H19NO3. The summed E-state index contributed by atoms with van der Waals surface area (Å²) in [6.45, 7) is 7.49. The third-order valence-electron chi connectivity index (χ3n) is 2.78. The molecule has 0 fully saturated rings. The first-order valence-corrected chi connectivity index (χ1v) is 6.22. The second-order valence-electron chi connectivity index (χ2n) is 5.52. The van der Waals surface area contributed by atoms with Crippen molar-refractivity contribution < 1.29 is 14.3 Å². The van der Waals surface area contributed by atoms with Crippen LogP contribution in [0.4, 0.5) is 4.79 Å². The van der Waals surface area contributed by atoms with Crippen LogP contribution in [-0.4, -0.2) is 23.4 Å². The maximum Gasteiger partial charge on any atom is 0.421 e. The predicted octanol–water partition coefficient (Wildman–Crippen LogP) is 3.74. The molecule has 0 aliphatic rings. The zero-order valence-electron chi connectivity index (χ0n) is 12.0. The molecule has 1 heterocycles. The van der Waals surface area contributed by atoms with Gasteiger partial charge in [0.25, 0.3) is 0 Å². The largest absolute Gasteiger partial charge is 0.482 e. The molecule has 102 valence electrons. The van der Waals surface area contributed by atoms with Gasteiger partial charge in [-0.15, -0.1) is 0 Å². The van der Waals surface area contributed by atoms with Crippen LogP contribution in [0.2, 0.25) is 0 Å². The Bertz CT molecular complexity index is 620. The molecule has 0 spiro atoms. The third-order valence-corrected chi connectivity index (χ3v) is 2.78. The Hall–Kier alpha value is -1.97. The van der Waals surface area contributed by atoms with Gasteiger partial charge in [-0.1, -0.05) is 18.2 Å². The Labute approximate surface area is 112 Å². The van der Waals surface area contributed by atoms with Gasteiger partial charge in [0.1, 0.15) is 5.60 Å². The summed E-state index contributed by atoms with van der Waals surface area (Å²) in [5.41, 5.74) is 1.29. The Morgan fingerprint density at radius 3 is 2.53 bits per heavy atom. The first-order chi connectivity index (χ1) is 8.83. The number of fused-ring (bicyclic) bond motifs is 1. The van der Waals surface area contributed by atoms with Crippen molar-refractivity contribution in [3.63, 3.8) is 0 Å². The number of rotatable bonds is 1. The van der Waals surface area contributed by atoms with Crippen LogP contribution in [0.5, 0.6) is 5.88 Å². The van der Waals surface area contributed by atoms with E-state index in [1.165, 1.54) is 4.57 Å². The van der Waals surface area contributed by atoms with E-state index in [0.717, 1.165) is 16.5 Å². The standard InChI is InChI=1S/C15H19NO3/c1-10-7-6-8-11-9-12(18-5)16(13(10)11)14(17)19-15(2,3)4/h6-9H,1-5H3. The summed E-state index contributed by atoms with van der Waals surface area (Å²) in [7, 11) is 1.55. The molecule has 2 aromatic rings. The van der Waals surface area contributed by atoms with Crippen molar-refractivity contribution in [2.45, 2.75) is 33.3 Å². The topological polar surface area (TPSA) is 40.5 Å². The third kappa shape index (κ3) is 2.57. The molecule has 0 atom stereocenters. The smallest absolute Gasteiger partial charge is 0.421 e. The van der Waals surface area contributed by atoms with Crippen LogP contribution in [0.25, 0.3) is 10.9 Å². The van der Waals surface area contributed by atoms with Gasteiger partial charge in [-0.2, -0.15) is 0 Å². The lowest BCUT2D eigenvalue weighted by Gasteiger charge is -2.20. The van der Waals surface area contributed by atoms with Crippen LogP contribution >= 0.6 is 0 Å². The summed E-state index contributed by atoms with van der Waals surface area (Å²) < 4.78 is 12.2. The van der Waals surface area contributed by atoms with Gasteiger partial charge < -0.3 is 9.47 Å². The number of benzene rings is 1. The van der Waals surface area contributed by atoms with Crippen LogP contribution in [-0.2, 0) is 4.74 Å². The van der Waals surface area contributed by atoms with E-state index in [1.54, 1.807) is 7.11 Å². The highest BCUT2D eigenvalue weighted by atomic mass is 16.6. The van der Waals surface area contributed by atoms with Gasteiger partial charge >= 0.3 is 6.09 Å². The van der Waals surface area contributed by atoms with Crippen molar-refractivity contribution in [2.75, 3.05) is 7.11 Å². The number of hydrogen-bond donors (Lipinski definition) is 0. The van der Waals surface area contributed by atoms with Crippen LogP contribution < -0.4 is 4.74 Å². The Morgan fingerprint density at radius 2 is 1.95 bits per heavy atom. The van der Waals surface area contributed by atoms with E-state index < -0.39 is 11.7 Å². The fourth-order valence-electron chi connectivity index (χ4n) is 2.05. The molecule has 0 radical (unpaired) electrons. The molecule has 0 amide bonds. The SMILES string of the molecule is COc1cc2cccc(C)c2n1C(=O)OC(C)(C)C. The summed E-state index contributed by atoms with van der Waals surface area (Å²) in [5, 5.41) is 0.961. The highest BCUT2D eigenvalue weighted by Crippen LogP contribution is 2.28. The molecule has 19 heavy (non-hydrogen) atoms. The molecule has 1 aromatic carbocycles. The van der Waals surface area contributed by atoms with Crippen LogP contribution in [0.3, 0.4) is 0 Å². The fraction of sp³-hybridized carbons (Fsp3) is 0.400. The van der Waals surface area contributed by atoms with E-state index in [4.69, 9.17) is 9.47 Å². The molecular weight excluding hydrogens is 242 g/mol. The van der Waals surface area contributed by atoms with Crippen molar-refractivity contribution in [1.82, 2.24) is 4.57 Å². The Kier molecular flexibility index (Phi) is 3.27. The monoisotopic (exact) mass is 261 g/mol. The van der Waals surface area contributed by atoms with Crippen LogP contribution in [0, 0.1) is 6.92 Å². The van der Waals surface area contributed by atoms with E-state index in [9.17, 15) is 4.79 Å². The number of methoxy groups -OCH3 is 1. The highest BCUT2D eigenvalue weighted by Gasteiger charge is 2.23. The minimum Gasteiger partial charge on any atom is -0.482 e. The van der Waals surface area contributed by atoms with E-state index in [2.05, 4.69) is 0 Å². The summed E-state index contributed by atoms with van der Waals surface area (Å²) in [5.74, 6) is 0.485. The van der Waals surface area contributed by atoms with Crippen molar-refractivity contribution in [3.8, 4) is 5.88 Å². The molecule has 0 aliphatic heterocycles. The first kappa shape index (κ1) is 13.5. The van der Waals surface area contributed by atoms with E-state index in [0.29, 0.717) is 5.88 Å². The normalized spacial score (nSPS) is 11.6. The van der Waals surface area contributed by atoms with E-state index in [-0.39, 0.29) is 0 Å². The molecule has 0 unspecified atom stereocenters. The van der Waals surface area contributed by atoms with Gasteiger partial charge in [0.2, 0.25) is 5.88 Å². The number of hydrogen-bond acceptors (Lipinski definition) is 3. The lowest BCUT2D eigenvalue weighted by molar-refractivity contribution is 0.0532. The number of para-hydroxylation sites is 1. The average molecular weight is 261 g/mol. The second-order valence-corrected chi connectivity index (χ2v) is 5.52. The molecule has 0 bridgehead atoms. The highest BCUT2D eigenvalue weighted by molar-refractivity contribution is 5.94. The molecule has 4 heteroatoms. The maximum absolute atomic E-state index is 12.3. The molecule has 2 rings (SSSR count). The molecule has 0 aliphatic carbocycles. The molecule has 0 saturated carbocycles. The van der Waals surface area contributed by atoms with Gasteiger partial charge in [0, 0.05) is 11.5 Å². The van der Waals surface area contributed by atoms with Crippen molar-refractivity contribution in [3.05, 3.63) is 29.8 Å². The zero-order valence-corrected chi connectivity index (χ0v) is 12.0. The van der Waals surface area contributed by atoms with Gasteiger partial charge in [-0.3, -0.25) is 0 Å². The fourth-order valence-corrected chi connectivity index (χ4v) is 2.05. The van der Waals surface area contributed by atoms with Crippen molar-refractivity contribution in [1.29, 1.82) is 0 Å². The summed E-state index contributed by atoms with van der Waals surface area (Å²) in [6.07, 6.45) is -0.423. The second kappa shape index (κ2) is 4.61. The van der Waals surface area contributed by atoms with Crippen molar-refractivity contribution >= 4 is 17.0 Å². The van der Waals surface area contributed by atoms with Crippen LogP contribution in [0.1, 0.15) is 26.3 Å². The lowest BCUT2D eigenvalue weighted by atomic mass is 10.2. The molecule has 4 nitrogen and oxygen atoms in total. The lowest BCUT2D eigenvalue weighted by Crippen LogP contribution is -2.27. The van der Waals surface area contributed by atoms with Gasteiger partial charge in [-0.05, 0) is 33.3 Å². The molecule has 1 aromatic heterocycles. The van der Waals surface area contributed by atoms with E-state index >= 15 is 0 Å². The van der Waals surface area contributed by atoms with Crippen LogP contribution in [0.15, 0.2) is 24.3 Å². The number of ether oxygens (including phenoxy) is 2. The Balaban J connectivity index is 2.60. The number of aryl methyl sites for hydroxylation is 1. The molecule has 0 N–H and O–H groups in total. The van der Waals surface area contributed by atoms with Gasteiger partial charge in [-0.25, -0.2) is 9.36 Å². The van der Waals surface area contributed by atoms with E-state index in [1.807, 2.05) is 52.0 Å². The van der Waals surface area contributed by atoms with Gasteiger partial charge in [0.15, 0.2) is 0 Å². The predicted molar refractivity (Wildman–Crippen MR) is 74.9 cm³/mol. The average Bonchev–Trinajstić information content (AvgIpc) is 2.66. The summed E-state index contributed by atoms with van der Waals surface area (Å²) in [4.78, 5) is 12.3. The number of aromatic nitrogens is 1. The Morgan fingerprint density at radius 1 is 1.26 bits per heavy atom. The number of carbonyl (C=O) groups excluding carboxylic acids is 1. The zero-order chi connectivity index (χ0) is 14.2. The quantitative estimate of drug-likeness (QED) is 0.785. The summed E-state index contributed by atoms with van der Waals surface area (Å²) in [6, 6.07) is 7.71.